The first-order chi connectivity index (χ1) is 14.4. The highest BCUT2D eigenvalue weighted by molar-refractivity contribution is 6.10. The third-order valence-electron chi connectivity index (χ3n) is 4.71. The number of aryl methyl sites for hydroxylation is 4. The summed E-state index contributed by atoms with van der Waals surface area (Å²) in [7, 11) is 0. The fourth-order valence-electron chi connectivity index (χ4n) is 3.27. The molecule has 0 saturated carbocycles. The van der Waals surface area contributed by atoms with Crippen molar-refractivity contribution in [2.75, 3.05) is 5.32 Å². The molecule has 3 rings (SSSR count). The van der Waals surface area contributed by atoms with Crippen molar-refractivity contribution in [3.8, 4) is 11.8 Å². The van der Waals surface area contributed by atoms with E-state index in [4.69, 9.17) is 9.15 Å². The summed E-state index contributed by atoms with van der Waals surface area (Å²) in [4.78, 5) is 12.6. The van der Waals surface area contributed by atoms with Crippen LogP contribution in [0.2, 0.25) is 0 Å². The van der Waals surface area contributed by atoms with Gasteiger partial charge in [-0.15, -0.1) is 0 Å². The van der Waals surface area contributed by atoms with Crippen molar-refractivity contribution >= 4 is 17.7 Å². The number of carbonyl (C=O) groups excluding carboxylic acids is 1. The molecule has 1 N–H and O–H groups in total. The zero-order chi connectivity index (χ0) is 21.7. The second kappa shape index (κ2) is 9.15. The van der Waals surface area contributed by atoms with Gasteiger partial charge in [-0.25, -0.2) is 0 Å². The lowest BCUT2D eigenvalue weighted by Crippen LogP contribution is -2.15. The minimum Gasteiger partial charge on any atom is -0.485 e. The highest BCUT2D eigenvalue weighted by Gasteiger charge is 2.14. The number of carbonyl (C=O) groups is 1. The number of furan rings is 1. The van der Waals surface area contributed by atoms with Gasteiger partial charge in [-0.05, 0) is 62.6 Å². The number of anilines is 1. The molecule has 0 fully saturated rings. The second-order valence-corrected chi connectivity index (χ2v) is 7.26. The molecule has 30 heavy (non-hydrogen) atoms. The van der Waals surface area contributed by atoms with Gasteiger partial charge in [0.15, 0.2) is 0 Å². The van der Waals surface area contributed by atoms with E-state index in [0.717, 1.165) is 33.7 Å². The van der Waals surface area contributed by atoms with E-state index in [1.165, 1.54) is 6.08 Å². The molecule has 0 aliphatic heterocycles. The molecule has 1 amide bonds. The molecule has 0 bridgehead atoms. The number of nitrogens with zero attached hydrogens (tertiary/aromatic N) is 1. The van der Waals surface area contributed by atoms with E-state index in [1.807, 2.05) is 70.2 Å². The summed E-state index contributed by atoms with van der Waals surface area (Å²) in [6.07, 6.45) is 1.44. The maximum atomic E-state index is 12.6. The van der Waals surface area contributed by atoms with Crippen molar-refractivity contribution in [2.24, 2.45) is 0 Å². The van der Waals surface area contributed by atoms with Crippen molar-refractivity contribution in [1.29, 1.82) is 5.26 Å². The highest BCUT2D eigenvalue weighted by atomic mass is 16.5. The maximum absolute atomic E-state index is 12.6. The SMILES string of the molecule is Cc1cc(C)c(NC(=O)C(C#N)=Cc2ccc(COc3ccccc3C)o2)c(C)c1. The predicted octanol–water partition coefficient (Wildman–Crippen LogP) is 5.64. The Hall–Kier alpha value is -3.78. The summed E-state index contributed by atoms with van der Waals surface area (Å²) < 4.78 is 11.5. The Morgan fingerprint density at radius 1 is 1.07 bits per heavy atom. The number of hydrogen-bond donors (Lipinski definition) is 1. The molecular formula is C25H24N2O3. The number of nitriles is 1. The quantitative estimate of drug-likeness (QED) is 0.429. The number of benzene rings is 2. The van der Waals surface area contributed by atoms with Crippen molar-refractivity contribution in [2.45, 2.75) is 34.3 Å². The van der Waals surface area contributed by atoms with Crippen LogP contribution in [0.4, 0.5) is 5.69 Å². The first-order valence-corrected chi connectivity index (χ1v) is 9.65. The smallest absolute Gasteiger partial charge is 0.266 e. The molecule has 0 radical (unpaired) electrons. The van der Waals surface area contributed by atoms with Crippen molar-refractivity contribution in [1.82, 2.24) is 0 Å². The van der Waals surface area contributed by atoms with Gasteiger partial charge in [-0.2, -0.15) is 5.26 Å². The molecule has 0 atom stereocenters. The van der Waals surface area contributed by atoms with Crippen LogP contribution in [-0.2, 0) is 11.4 Å². The minimum atomic E-state index is -0.471. The Kier molecular flexibility index (Phi) is 6.38. The van der Waals surface area contributed by atoms with Gasteiger partial charge in [0.05, 0.1) is 0 Å². The molecule has 5 heteroatoms. The van der Waals surface area contributed by atoms with Gasteiger partial charge < -0.3 is 14.5 Å². The van der Waals surface area contributed by atoms with Crippen molar-refractivity contribution in [3.63, 3.8) is 0 Å². The predicted molar refractivity (Wildman–Crippen MR) is 117 cm³/mol. The van der Waals surface area contributed by atoms with Gasteiger partial charge in [-0.3, -0.25) is 4.79 Å². The van der Waals surface area contributed by atoms with Crippen LogP contribution in [-0.4, -0.2) is 5.91 Å². The Labute approximate surface area is 176 Å². The van der Waals surface area contributed by atoms with E-state index in [0.29, 0.717) is 11.5 Å². The van der Waals surface area contributed by atoms with Gasteiger partial charge >= 0.3 is 0 Å². The largest absolute Gasteiger partial charge is 0.485 e. The van der Waals surface area contributed by atoms with Gasteiger partial charge in [0, 0.05) is 11.8 Å². The van der Waals surface area contributed by atoms with E-state index in [2.05, 4.69) is 5.32 Å². The summed E-state index contributed by atoms with van der Waals surface area (Å²) in [5, 5.41) is 12.3. The molecule has 2 aromatic carbocycles. The van der Waals surface area contributed by atoms with Crippen LogP contribution in [0.15, 0.2) is 58.5 Å². The van der Waals surface area contributed by atoms with Crippen molar-refractivity contribution in [3.05, 3.63) is 87.9 Å². The summed E-state index contributed by atoms with van der Waals surface area (Å²) >= 11 is 0. The minimum absolute atomic E-state index is 0.0323. The second-order valence-electron chi connectivity index (χ2n) is 7.26. The summed E-state index contributed by atoms with van der Waals surface area (Å²) in [5.41, 5.74) is 4.75. The van der Waals surface area contributed by atoms with Crippen LogP contribution >= 0.6 is 0 Å². The number of para-hydroxylation sites is 1. The van der Waals surface area contributed by atoms with E-state index < -0.39 is 5.91 Å². The topological polar surface area (TPSA) is 75.3 Å². The molecule has 152 valence electrons. The fourth-order valence-corrected chi connectivity index (χ4v) is 3.27. The fraction of sp³-hybridized carbons (Fsp3) is 0.200. The first kappa shape index (κ1) is 20.9. The van der Waals surface area contributed by atoms with Gasteiger partial charge in [0.2, 0.25) is 0 Å². The van der Waals surface area contributed by atoms with Crippen LogP contribution in [0.3, 0.4) is 0 Å². The highest BCUT2D eigenvalue weighted by Crippen LogP contribution is 2.23. The van der Waals surface area contributed by atoms with Crippen LogP contribution in [0.5, 0.6) is 5.75 Å². The molecule has 0 saturated heterocycles. The van der Waals surface area contributed by atoms with E-state index in [9.17, 15) is 10.1 Å². The van der Waals surface area contributed by atoms with Crippen molar-refractivity contribution < 1.29 is 13.9 Å². The molecule has 0 aliphatic carbocycles. The van der Waals surface area contributed by atoms with E-state index >= 15 is 0 Å². The molecule has 0 spiro atoms. The number of rotatable bonds is 6. The standard InChI is InChI=1S/C25H24N2O3/c1-16-11-18(3)24(19(4)12-16)27-25(28)20(14-26)13-21-9-10-22(30-21)15-29-23-8-6-5-7-17(23)2/h5-13H,15H2,1-4H3,(H,27,28). The molecule has 1 heterocycles. The van der Waals surface area contributed by atoms with Crippen LogP contribution < -0.4 is 10.1 Å². The lowest BCUT2D eigenvalue weighted by Gasteiger charge is -2.12. The maximum Gasteiger partial charge on any atom is 0.266 e. The average Bonchev–Trinajstić information content (AvgIpc) is 3.15. The third-order valence-corrected chi connectivity index (χ3v) is 4.71. The first-order valence-electron chi connectivity index (χ1n) is 9.65. The monoisotopic (exact) mass is 400 g/mol. The lowest BCUT2D eigenvalue weighted by molar-refractivity contribution is -0.112. The average molecular weight is 400 g/mol. The summed E-state index contributed by atoms with van der Waals surface area (Å²) in [6.45, 7) is 8.09. The van der Waals surface area contributed by atoms with Crippen LogP contribution in [0, 0.1) is 39.0 Å². The molecule has 0 aliphatic rings. The Morgan fingerprint density at radius 2 is 1.77 bits per heavy atom. The van der Waals surface area contributed by atoms with Gasteiger partial charge in [0.25, 0.3) is 5.91 Å². The van der Waals surface area contributed by atoms with Gasteiger partial charge in [0.1, 0.15) is 35.5 Å². The molecule has 1 aromatic heterocycles. The number of amides is 1. The zero-order valence-electron chi connectivity index (χ0n) is 17.6. The lowest BCUT2D eigenvalue weighted by atomic mass is 10.0. The Bertz CT molecular complexity index is 1130. The molecule has 5 nitrogen and oxygen atoms in total. The Morgan fingerprint density at radius 3 is 2.43 bits per heavy atom. The number of hydrogen-bond acceptors (Lipinski definition) is 4. The molecule has 3 aromatic rings. The summed E-state index contributed by atoms with van der Waals surface area (Å²) in [6, 6.07) is 17.1. The van der Waals surface area contributed by atoms with Crippen LogP contribution in [0.25, 0.3) is 6.08 Å². The Balaban J connectivity index is 1.71. The van der Waals surface area contributed by atoms with Gasteiger partial charge in [-0.1, -0.05) is 35.9 Å². The number of nitrogens with one attached hydrogen (secondary N) is 1. The molecular weight excluding hydrogens is 376 g/mol. The number of ether oxygens (including phenoxy) is 1. The molecule has 0 unspecified atom stereocenters. The zero-order valence-corrected chi connectivity index (χ0v) is 17.6. The normalized spacial score (nSPS) is 11.1. The van der Waals surface area contributed by atoms with Crippen LogP contribution in [0.1, 0.15) is 33.8 Å². The van der Waals surface area contributed by atoms with E-state index in [1.54, 1.807) is 12.1 Å². The third kappa shape index (κ3) is 4.98. The summed E-state index contributed by atoms with van der Waals surface area (Å²) in [5.74, 6) is 1.34. The van der Waals surface area contributed by atoms with E-state index in [-0.39, 0.29) is 12.2 Å².